The summed E-state index contributed by atoms with van der Waals surface area (Å²) < 4.78 is 10.3. The number of benzene rings is 1. The minimum atomic E-state index is -0.143. The number of rotatable bonds is 5. The van der Waals surface area contributed by atoms with Gasteiger partial charge in [0.15, 0.2) is 5.82 Å². The Morgan fingerprint density at radius 1 is 1.35 bits per heavy atom. The fraction of sp³-hybridized carbons (Fsp3) is 0.412. The molecule has 0 saturated heterocycles. The Kier molecular flexibility index (Phi) is 5.31. The quantitative estimate of drug-likeness (QED) is 0.888. The summed E-state index contributed by atoms with van der Waals surface area (Å²) in [6.45, 7) is 6.06. The predicted octanol–water partition coefficient (Wildman–Crippen LogP) is 4.21. The molecular formula is C17H21ClN2O3. The predicted molar refractivity (Wildman–Crippen MR) is 90.2 cm³/mol. The van der Waals surface area contributed by atoms with Gasteiger partial charge in [-0.15, -0.1) is 0 Å². The Balaban J connectivity index is 1.90. The number of carbonyl (C=O) groups is 1. The molecule has 23 heavy (non-hydrogen) atoms. The van der Waals surface area contributed by atoms with Gasteiger partial charge in [0.2, 0.25) is 5.91 Å². The van der Waals surface area contributed by atoms with Crippen LogP contribution in [-0.4, -0.2) is 18.2 Å². The van der Waals surface area contributed by atoms with Gasteiger partial charge in [-0.05, 0) is 24.1 Å². The molecule has 0 aliphatic rings. The molecule has 1 aromatic heterocycles. The highest BCUT2D eigenvalue weighted by Crippen LogP contribution is 2.26. The van der Waals surface area contributed by atoms with Crippen LogP contribution >= 0.6 is 11.6 Å². The highest BCUT2D eigenvalue weighted by Gasteiger charge is 2.20. The number of hydrogen-bond acceptors (Lipinski definition) is 4. The fourth-order valence-corrected chi connectivity index (χ4v) is 2.30. The molecule has 0 atom stereocenters. The van der Waals surface area contributed by atoms with Crippen LogP contribution in [0.1, 0.15) is 38.5 Å². The van der Waals surface area contributed by atoms with Gasteiger partial charge in [0.1, 0.15) is 11.5 Å². The average molecular weight is 337 g/mol. The minimum absolute atomic E-state index is 0.120. The monoisotopic (exact) mass is 336 g/mol. The lowest BCUT2D eigenvalue weighted by molar-refractivity contribution is -0.116. The SMILES string of the molecule is COc1ccc(CCC(=O)Nc2cc(C(C)(C)C)on2)cc1Cl. The summed E-state index contributed by atoms with van der Waals surface area (Å²) in [4.78, 5) is 12.0. The number of ether oxygens (including phenoxy) is 1. The molecule has 6 heteroatoms. The maximum Gasteiger partial charge on any atom is 0.225 e. The highest BCUT2D eigenvalue weighted by atomic mass is 35.5. The number of halogens is 1. The summed E-state index contributed by atoms with van der Waals surface area (Å²) in [5.41, 5.74) is 0.831. The van der Waals surface area contributed by atoms with Crippen molar-refractivity contribution in [3.05, 3.63) is 40.6 Å². The van der Waals surface area contributed by atoms with Crippen LogP contribution in [0.4, 0.5) is 5.82 Å². The summed E-state index contributed by atoms with van der Waals surface area (Å²) in [6, 6.07) is 7.25. The molecule has 2 rings (SSSR count). The molecule has 0 bridgehead atoms. The molecule has 0 spiro atoms. The molecule has 1 heterocycles. The smallest absolute Gasteiger partial charge is 0.225 e. The van der Waals surface area contributed by atoms with Crippen molar-refractivity contribution in [2.45, 2.75) is 39.0 Å². The van der Waals surface area contributed by atoms with Gasteiger partial charge < -0.3 is 14.6 Å². The number of anilines is 1. The van der Waals surface area contributed by atoms with Crippen molar-refractivity contribution in [3.8, 4) is 5.75 Å². The Labute approximate surface area is 141 Å². The first-order valence-electron chi connectivity index (χ1n) is 7.39. The third kappa shape index (κ3) is 4.73. The zero-order valence-corrected chi connectivity index (χ0v) is 14.5. The molecule has 0 fully saturated rings. The summed E-state index contributed by atoms with van der Waals surface area (Å²) in [7, 11) is 1.57. The van der Waals surface area contributed by atoms with E-state index in [1.54, 1.807) is 19.2 Å². The second-order valence-electron chi connectivity index (χ2n) is 6.34. The molecule has 0 aliphatic heterocycles. The summed E-state index contributed by atoms with van der Waals surface area (Å²) in [5, 5.41) is 7.15. The number of aryl methyl sites for hydroxylation is 1. The van der Waals surface area contributed by atoms with E-state index >= 15 is 0 Å². The van der Waals surface area contributed by atoms with E-state index in [-0.39, 0.29) is 11.3 Å². The first-order valence-corrected chi connectivity index (χ1v) is 7.77. The standard InChI is InChI=1S/C17H21ClN2O3/c1-17(2,3)14-10-15(20-23-14)19-16(21)8-6-11-5-7-13(22-4)12(18)9-11/h5,7,9-10H,6,8H2,1-4H3,(H,19,20,21). The molecule has 0 aliphatic carbocycles. The van der Waals surface area contributed by atoms with Gasteiger partial charge in [0, 0.05) is 17.9 Å². The molecule has 2 aromatic rings. The van der Waals surface area contributed by atoms with Crippen molar-refractivity contribution >= 4 is 23.3 Å². The molecule has 0 radical (unpaired) electrons. The van der Waals surface area contributed by atoms with Gasteiger partial charge in [0.05, 0.1) is 12.1 Å². The number of nitrogens with one attached hydrogen (secondary N) is 1. The lowest BCUT2D eigenvalue weighted by atomic mass is 9.93. The van der Waals surface area contributed by atoms with E-state index < -0.39 is 0 Å². The largest absolute Gasteiger partial charge is 0.495 e. The van der Waals surface area contributed by atoms with Crippen molar-refractivity contribution < 1.29 is 14.1 Å². The first-order chi connectivity index (χ1) is 10.8. The molecule has 1 N–H and O–H groups in total. The van der Waals surface area contributed by atoms with Crippen LogP contribution in [0.15, 0.2) is 28.8 Å². The van der Waals surface area contributed by atoms with E-state index in [1.165, 1.54) is 0 Å². The second kappa shape index (κ2) is 7.04. The fourth-order valence-electron chi connectivity index (χ4n) is 2.02. The number of carbonyl (C=O) groups excluding carboxylic acids is 1. The molecule has 0 unspecified atom stereocenters. The second-order valence-corrected chi connectivity index (χ2v) is 6.75. The number of amides is 1. The maximum absolute atomic E-state index is 12.0. The summed E-state index contributed by atoms with van der Waals surface area (Å²) in [5.74, 6) is 1.67. The van der Waals surface area contributed by atoms with E-state index in [4.69, 9.17) is 20.9 Å². The van der Waals surface area contributed by atoms with Crippen LogP contribution in [0.5, 0.6) is 5.75 Å². The van der Waals surface area contributed by atoms with Crippen LogP contribution in [0.3, 0.4) is 0 Å². The third-order valence-corrected chi connectivity index (χ3v) is 3.67. The molecule has 1 aromatic carbocycles. The molecule has 124 valence electrons. The Morgan fingerprint density at radius 2 is 2.09 bits per heavy atom. The van der Waals surface area contributed by atoms with E-state index in [1.807, 2.05) is 32.9 Å². The van der Waals surface area contributed by atoms with Gasteiger partial charge in [-0.1, -0.05) is 43.6 Å². The van der Waals surface area contributed by atoms with E-state index in [2.05, 4.69) is 10.5 Å². The van der Waals surface area contributed by atoms with Gasteiger partial charge in [0.25, 0.3) is 0 Å². The van der Waals surface area contributed by atoms with Gasteiger partial charge in [-0.3, -0.25) is 4.79 Å². The zero-order chi connectivity index (χ0) is 17.0. The number of nitrogens with zero attached hydrogens (tertiary/aromatic N) is 1. The molecular weight excluding hydrogens is 316 g/mol. The van der Waals surface area contributed by atoms with E-state index in [9.17, 15) is 4.79 Å². The van der Waals surface area contributed by atoms with Crippen LogP contribution in [0.2, 0.25) is 5.02 Å². The topological polar surface area (TPSA) is 64.4 Å². The number of hydrogen-bond donors (Lipinski definition) is 1. The van der Waals surface area contributed by atoms with Crippen LogP contribution in [0, 0.1) is 0 Å². The zero-order valence-electron chi connectivity index (χ0n) is 13.8. The Hall–Kier alpha value is -2.01. The molecule has 0 saturated carbocycles. The van der Waals surface area contributed by atoms with Crippen LogP contribution in [-0.2, 0) is 16.6 Å². The minimum Gasteiger partial charge on any atom is -0.495 e. The maximum atomic E-state index is 12.0. The Morgan fingerprint density at radius 3 is 2.65 bits per heavy atom. The van der Waals surface area contributed by atoms with Crippen molar-refractivity contribution in [3.63, 3.8) is 0 Å². The summed E-state index contributed by atoms with van der Waals surface area (Å²) in [6.07, 6.45) is 0.917. The lowest BCUT2D eigenvalue weighted by Gasteiger charge is -2.12. The average Bonchev–Trinajstić information content (AvgIpc) is 2.94. The van der Waals surface area contributed by atoms with Gasteiger partial charge in [-0.25, -0.2) is 0 Å². The third-order valence-electron chi connectivity index (χ3n) is 3.37. The molecule has 1 amide bonds. The van der Waals surface area contributed by atoms with Crippen molar-refractivity contribution in [1.29, 1.82) is 0 Å². The highest BCUT2D eigenvalue weighted by molar-refractivity contribution is 6.32. The van der Waals surface area contributed by atoms with E-state index in [0.717, 1.165) is 11.3 Å². The normalized spacial score (nSPS) is 11.3. The Bertz CT molecular complexity index is 689. The van der Waals surface area contributed by atoms with Crippen molar-refractivity contribution in [2.24, 2.45) is 0 Å². The van der Waals surface area contributed by atoms with Crippen molar-refractivity contribution in [1.82, 2.24) is 5.16 Å². The number of methoxy groups -OCH3 is 1. The van der Waals surface area contributed by atoms with Gasteiger partial charge in [-0.2, -0.15) is 0 Å². The first kappa shape index (κ1) is 17.3. The lowest BCUT2D eigenvalue weighted by Crippen LogP contribution is -2.13. The van der Waals surface area contributed by atoms with E-state index in [0.29, 0.717) is 29.4 Å². The van der Waals surface area contributed by atoms with Gasteiger partial charge >= 0.3 is 0 Å². The van der Waals surface area contributed by atoms with Crippen LogP contribution in [0.25, 0.3) is 0 Å². The number of aromatic nitrogens is 1. The van der Waals surface area contributed by atoms with Crippen LogP contribution < -0.4 is 10.1 Å². The van der Waals surface area contributed by atoms with Crippen molar-refractivity contribution in [2.75, 3.05) is 12.4 Å². The summed E-state index contributed by atoms with van der Waals surface area (Å²) >= 11 is 6.07. The molecule has 5 nitrogen and oxygen atoms in total.